The fourth-order valence-electron chi connectivity index (χ4n) is 2.78. The lowest BCUT2D eigenvalue weighted by Gasteiger charge is -2.09. The normalized spacial score (nSPS) is 25.4. The van der Waals surface area contributed by atoms with Crippen molar-refractivity contribution < 1.29 is 0 Å². The molecular weight excluding hydrogens is 198 g/mol. The van der Waals surface area contributed by atoms with E-state index in [1.807, 2.05) is 6.07 Å². The van der Waals surface area contributed by atoms with E-state index in [9.17, 15) is 0 Å². The van der Waals surface area contributed by atoms with Crippen molar-refractivity contribution in [1.82, 2.24) is 9.55 Å². The van der Waals surface area contributed by atoms with Crippen LogP contribution in [0.25, 0.3) is 11.0 Å². The van der Waals surface area contributed by atoms with Crippen molar-refractivity contribution in [3.05, 3.63) is 30.1 Å². The summed E-state index contributed by atoms with van der Waals surface area (Å²) in [5.74, 6) is 1.75. The van der Waals surface area contributed by atoms with Gasteiger partial charge in [0.25, 0.3) is 0 Å². The van der Waals surface area contributed by atoms with E-state index >= 15 is 0 Å². The first kappa shape index (κ1) is 9.85. The van der Waals surface area contributed by atoms with E-state index in [1.54, 1.807) is 0 Å². The van der Waals surface area contributed by atoms with E-state index in [0.29, 0.717) is 12.0 Å². The van der Waals surface area contributed by atoms with Crippen LogP contribution in [0.1, 0.15) is 31.0 Å². The number of fused-ring (bicyclic) bond motifs is 1. The Morgan fingerprint density at radius 3 is 2.81 bits per heavy atom. The van der Waals surface area contributed by atoms with E-state index in [2.05, 4.69) is 29.8 Å². The Morgan fingerprint density at radius 2 is 2.12 bits per heavy atom. The largest absolute Gasteiger partial charge is 0.331 e. The van der Waals surface area contributed by atoms with Gasteiger partial charge in [0.15, 0.2) is 0 Å². The number of nitrogens with two attached hydrogens (primary N) is 1. The van der Waals surface area contributed by atoms with E-state index in [4.69, 9.17) is 10.7 Å². The molecule has 2 aromatic rings. The van der Waals surface area contributed by atoms with Crippen LogP contribution < -0.4 is 5.73 Å². The summed E-state index contributed by atoms with van der Waals surface area (Å²) in [6, 6.07) is 8.67. The van der Waals surface area contributed by atoms with Crippen molar-refractivity contribution in [2.45, 2.75) is 31.2 Å². The number of rotatable bonds is 1. The predicted octanol–water partition coefficient (Wildman–Crippen LogP) is 2.17. The first-order valence-corrected chi connectivity index (χ1v) is 5.92. The molecule has 1 aromatic carbocycles. The maximum atomic E-state index is 5.97. The monoisotopic (exact) mass is 215 g/mol. The molecule has 0 radical (unpaired) electrons. The molecule has 1 saturated carbocycles. The molecule has 0 amide bonds. The lowest BCUT2D eigenvalue weighted by molar-refractivity contribution is 0.621. The Labute approximate surface area is 95.3 Å². The number of hydrogen-bond acceptors (Lipinski definition) is 2. The molecule has 1 aliphatic rings. The second-order valence-corrected chi connectivity index (χ2v) is 4.79. The molecule has 0 spiro atoms. The first-order valence-electron chi connectivity index (χ1n) is 5.92. The van der Waals surface area contributed by atoms with Gasteiger partial charge in [-0.15, -0.1) is 0 Å². The molecule has 3 nitrogen and oxygen atoms in total. The van der Waals surface area contributed by atoms with Gasteiger partial charge in [-0.2, -0.15) is 0 Å². The van der Waals surface area contributed by atoms with Crippen molar-refractivity contribution in [3.63, 3.8) is 0 Å². The van der Waals surface area contributed by atoms with Crippen LogP contribution in [0.2, 0.25) is 0 Å². The molecule has 1 heterocycles. The quantitative estimate of drug-likeness (QED) is 0.792. The van der Waals surface area contributed by atoms with Gasteiger partial charge < -0.3 is 10.3 Å². The van der Waals surface area contributed by atoms with Gasteiger partial charge in [0.1, 0.15) is 5.82 Å². The molecule has 2 unspecified atom stereocenters. The van der Waals surface area contributed by atoms with E-state index in [1.165, 1.54) is 17.8 Å². The third kappa shape index (κ3) is 1.43. The smallest absolute Gasteiger partial charge is 0.112 e. The topological polar surface area (TPSA) is 43.8 Å². The third-order valence-electron chi connectivity index (χ3n) is 3.66. The molecule has 16 heavy (non-hydrogen) atoms. The number of para-hydroxylation sites is 2. The van der Waals surface area contributed by atoms with E-state index in [-0.39, 0.29) is 0 Å². The summed E-state index contributed by atoms with van der Waals surface area (Å²) >= 11 is 0. The van der Waals surface area contributed by atoms with Gasteiger partial charge in [0.05, 0.1) is 11.0 Å². The zero-order chi connectivity index (χ0) is 11.1. The maximum Gasteiger partial charge on any atom is 0.112 e. The summed E-state index contributed by atoms with van der Waals surface area (Å²) in [6.07, 6.45) is 3.39. The summed E-state index contributed by atoms with van der Waals surface area (Å²) < 4.78 is 2.22. The van der Waals surface area contributed by atoms with Crippen molar-refractivity contribution in [2.24, 2.45) is 12.8 Å². The number of nitrogens with zero attached hydrogens (tertiary/aromatic N) is 2. The zero-order valence-corrected chi connectivity index (χ0v) is 9.56. The Balaban J connectivity index is 2.07. The molecule has 0 bridgehead atoms. The van der Waals surface area contributed by atoms with Gasteiger partial charge in [-0.1, -0.05) is 12.1 Å². The molecule has 0 saturated heterocycles. The van der Waals surface area contributed by atoms with Crippen molar-refractivity contribution in [3.8, 4) is 0 Å². The van der Waals surface area contributed by atoms with Crippen molar-refractivity contribution in [1.29, 1.82) is 0 Å². The lowest BCUT2D eigenvalue weighted by atomic mass is 10.1. The summed E-state index contributed by atoms with van der Waals surface area (Å²) in [4.78, 5) is 4.74. The third-order valence-corrected chi connectivity index (χ3v) is 3.66. The average molecular weight is 215 g/mol. The van der Waals surface area contributed by atoms with Crippen LogP contribution in [0.3, 0.4) is 0 Å². The molecule has 3 rings (SSSR count). The highest BCUT2D eigenvalue weighted by Gasteiger charge is 2.26. The van der Waals surface area contributed by atoms with Crippen LogP contribution in [0.5, 0.6) is 0 Å². The minimum atomic E-state index is 0.366. The van der Waals surface area contributed by atoms with Crippen molar-refractivity contribution in [2.75, 3.05) is 0 Å². The van der Waals surface area contributed by atoms with Gasteiger partial charge >= 0.3 is 0 Å². The number of hydrogen-bond donors (Lipinski definition) is 1. The molecule has 84 valence electrons. The molecule has 3 heteroatoms. The van der Waals surface area contributed by atoms with Crippen LogP contribution in [-0.4, -0.2) is 15.6 Å². The van der Waals surface area contributed by atoms with Crippen LogP contribution in [0.4, 0.5) is 0 Å². The zero-order valence-electron chi connectivity index (χ0n) is 9.56. The van der Waals surface area contributed by atoms with Gasteiger partial charge in [-0.3, -0.25) is 0 Å². The molecular formula is C13H17N3. The SMILES string of the molecule is Cn1c(C2CCC(N)C2)nc2ccccc21. The summed E-state index contributed by atoms with van der Waals surface area (Å²) in [5, 5.41) is 0. The highest BCUT2D eigenvalue weighted by atomic mass is 15.1. The fraction of sp³-hybridized carbons (Fsp3) is 0.462. The van der Waals surface area contributed by atoms with Gasteiger partial charge in [-0.05, 0) is 31.4 Å². The molecule has 1 aliphatic carbocycles. The van der Waals surface area contributed by atoms with Crippen LogP contribution in [-0.2, 0) is 7.05 Å². The highest BCUT2D eigenvalue weighted by Crippen LogP contribution is 2.34. The number of aryl methyl sites for hydroxylation is 1. The number of aromatic nitrogens is 2. The maximum absolute atomic E-state index is 5.97. The van der Waals surface area contributed by atoms with Crippen LogP contribution >= 0.6 is 0 Å². The first-order chi connectivity index (χ1) is 7.75. The summed E-state index contributed by atoms with van der Waals surface area (Å²) in [5.41, 5.74) is 8.29. The Kier molecular flexibility index (Phi) is 2.21. The van der Waals surface area contributed by atoms with Gasteiger partial charge in [-0.25, -0.2) is 4.98 Å². The van der Waals surface area contributed by atoms with Crippen LogP contribution in [0.15, 0.2) is 24.3 Å². The van der Waals surface area contributed by atoms with E-state index in [0.717, 1.165) is 18.4 Å². The Hall–Kier alpha value is -1.35. The predicted molar refractivity (Wildman–Crippen MR) is 65.3 cm³/mol. The minimum absolute atomic E-state index is 0.366. The molecule has 1 aromatic heterocycles. The van der Waals surface area contributed by atoms with E-state index < -0.39 is 0 Å². The van der Waals surface area contributed by atoms with Crippen molar-refractivity contribution >= 4 is 11.0 Å². The second kappa shape index (κ2) is 3.59. The molecule has 0 aliphatic heterocycles. The fourth-order valence-corrected chi connectivity index (χ4v) is 2.78. The molecule has 2 N–H and O–H groups in total. The standard InChI is InChI=1S/C13H17N3/c1-16-12-5-3-2-4-11(12)15-13(16)9-6-7-10(14)8-9/h2-5,9-10H,6-8,14H2,1H3. The Bertz CT molecular complexity index is 515. The minimum Gasteiger partial charge on any atom is -0.331 e. The van der Waals surface area contributed by atoms with Gasteiger partial charge in [0, 0.05) is 19.0 Å². The molecule has 2 atom stereocenters. The summed E-state index contributed by atoms with van der Waals surface area (Å²) in [7, 11) is 2.11. The lowest BCUT2D eigenvalue weighted by Crippen LogP contribution is -2.15. The number of imidazole rings is 1. The Morgan fingerprint density at radius 1 is 1.31 bits per heavy atom. The van der Waals surface area contributed by atoms with Crippen LogP contribution in [0, 0.1) is 0 Å². The second-order valence-electron chi connectivity index (χ2n) is 4.79. The highest BCUT2D eigenvalue weighted by molar-refractivity contribution is 5.75. The average Bonchev–Trinajstić information content (AvgIpc) is 2.84. The number of benzene rings is 1. The molecule has 1 fully saturated rings. The summed E-state index contributed by atoms with van der Waals surface area (Å²) in [6.45, 7) is 0. The van der Waals surface area contributed by atoms with Gasteiger partial charge in [0.2, 0.25) is 0 Å².